The number of aliphatic hydroxyl groups is 1. The molecule has 0 atom stereocenters. The maximum absolute atomic E-state index is 8.47. The van der Waals surface area contributed by atoms with Gasteiger partial charge in [-0.2, -0.15) is 0 Å². The number of aliphatic hydroxyl groups excluding tert-OH is 1. The summed E-state index contributed by atoms with van der Waals surface area (Å²) in [5, 5.41) is 8.47. The van der Waals surface area contributed by atoms with Gasteiger partial charge in [-0.25, -0.2) is 0 Å². The predicted molar refractivity (Wildman–Crippen MR) is 54.1 cm³/mol. The molecule has 0 radical (unpaired) electrons. The van der Waals surface area contributed by atoms with Gasteiger partial charge in [-0.1, -0.05) is 0 Å². The molecular formula is C8H20O5Si. The van der Waals surface area contributed by atoms with Gasteiger partial charge < -0.3 is 23.1 Å². The van der Waals surface area contributed by atoms with Crippen LogP contribution >= 0.6 is 0 Å². The van der Waals surface area contributed by atoms with Crippen molar-refractivity contribution in [2.24, 2.45) is 0 Å². The van der Waals surface area contributed by atoms with Gasteiger partial charge in [0.1, 0.15) is 0 Å². The van der Waals surface area contributed by atoms with Crippen LogP contribution in [0.3, 0.4) is 0 Å². The number of hydrogen-bond acceptors (Lipinski definition) is 5. The van der Waals surface area contributed by atoms with E-state index in [4.69, 9.17) is 23.1 Å². The van der Waals surface area contributed by atoms with Crippen LogP contribution < -0.4 is 0 Å². The summed E-state index contributed by atoms with van der Waals surface area (Å²) in [5.41, 5.74) is 0. The van der Waals surface area contributed by atoms with E-state index in [1.165, 1.54) is 0 Å². The van der Waals surface area contributed by atoms with Gasteiger partial charge >= 0.3 is 8.80 Å². The maximum atomic E-state index is 8.47. The molecule has 6 heteroatoms. The Labute approximate surface area is 86.3 Å². The summed E-state index contributed by atoms with van der Waals surface area (Å²) in [6.07, 6.45) is 0.807. The highest BCUT2D eigenvalue weighted by Crippen LogP contribution is 2.14. The number of rotatable bonds is 9. The zero-order chi connectivity index (χ0) is 10.9. The SMILES string of the molecule is CO[Si](CCCOCCO)(OC)OC. The third-order valence-electron chi connectivity index (χ3n) is 1.94. The molecule has 0 aliphatic carbocycles. The summed E-state index contributed by atoms with van der Waals surface area (Å²) in [5.74, 6) is 0. The van der Waals surface area contributed by atoms with Crippen LogP contribution in [-0.2, 0) is 18.0 Å². The summed E-state index contributed by atoms with van der Waals surface area (Å²) >= 11 is 0. The van der Waals surface area contributed by atoms with Crippen LogP contribution in [0.1, 0.15) is 6.42 Å². The van der Waals surface area contributed by atoms with Crippen molar-refractivity contribution >= 4 is 8.80 Å². The molecule has 0 spiro atoms. The predicted octanol–water partition coefficient (Wildman–Crippen LogP) is 0.263. The van der Waals surface area contributed by atoms with E-state index >= 15 is 0 Å². The van der Waals surface area contributed by atoms with E-state index in [0.717, 1.165) is 12.5 Å². The van der Waals surface area contributed by atoms with Crippen LogP contribution in [0.5, 0.6) is 0 Å². The third-order valence-corrected chi connectivity index (χ3v) is 4.77. The minimum absolute atomic E-state index is 0.0569. The molecule has 0 heterocycles. The minimum Gasteiger partial charge on any atom is -0.394 e. The van der Waals surface area contributed by atoms with E-state index in [9.17, 15) is 0 Å². The van der Waals surface area contributed by atoms with E-state index in [0.29, 0.717) is 13.2 Å². The molecule has 0 bridgehead atoms. The summed E-state index contributed by atoms with van der Waals surface area (Å²) in [7, 11) is 2.35. The molecule has 86 valence electrons. The molecule has 5 nitrogen and oxygen atoms in total. The van der Waals surface area contributed by atoms with E-state index in [2.05, 4.69) is 0 Å². The Morgan fingerprint density at radius 3 is 2.00 bits per heavy atom. The normalized spacial score (nSPS) is 12.0. The lowest BCUT2D eigenvalue weighted by Crippen LogP contribution is -2.42. The van der Waals surface area contributed by atoms with Crippen LogP contribution in [0.25, 0.3) is 0 Å². The fourth-order valence-electron chi connectivity index (χ4n) is 1.11. The molecule has 0 aliphatic heterocycles. The lowest BCUT2D eigenvalue weighted by molar-refractivity contribution is 0.0846. The highest BCUT2D eigenvalue weighted by atomic mass is 28.4. The van der Waals surface area contributed by atoms with Crippen molar-refractivity contribution in [3.05, 3.63) is 0 Å². The van der Waals surface area contributed by atoms with Crippen LogP contribution in [0.4, 0.5) is 0 Å². The topological polar surface area (TPSA) is 57.2 Å². The van der Waals surface area contributed by atoms with Gasteiger partial charge in [0.25, 0.3) is 0 Å². The molecular weight excluding hydrogens is 204 g/mol. The van der Waals surface area contributed by atoms with Crippen molar-refractivity contribution in [2.75, 3.05) is 41.2 Å². The lowest BCUT2D eigenvalue weighted by atomic mass is 10.5. The first-order valence-electron chi connectivity index (χ1n) is 4.58. The zero-order valence-electron chi connectivity index (χ0n) is 9.12. The molecule has 14 heavy (non-hydrogen) atoms. The molecule has 0 saturated heterocycles. The van der Waals surface area contributed by atoms with Crippen molar-refractivity contribution in [3.63, 3.8) is 0 Å². The summed E-state index contributed by atoms with van der Waals surface area (Å²) in [4.78, 5) is 0. The Morgan fingerprint density at radius 1 is 1.00 bits per heavy atom. The second-order valence-electron chi connectivity index (χ2n) is 2.73. The number of ether oxygens (including phenoxy) is 1. The van der Waals surface area contributed by atoms with Gasteiger partial charge in [0, 0.05) is 34.0 Å². The molecule has 1 N–H and O–H groups in total. The quantitative estimate of drug-likeness (QED) is 0.450. The van der Waals surface area contributed by atoms with Crippen LogP contribution in [0, 0.1) is 0 Å². The molecule has 0 amide bonds. The van der Waals surface area contributed by atoms with E-state index in [-0.39, 0.29) is 6.61 Å². The van der Waals surface area contributed by atoms with Gasteiger partial charge in [-0.05, 0) is 6.42 Å². The van der Waals surface area contributed by atoms with Crippen molar-refractivity contribution in [1.29, 1.82) is 0 Å². The van der Waals surface area contributed by atoms with Crippen LogP contribution in [0.2, 0.25) is 6.04 Å². The first kappa shape index (κ1) is 14.0. The largest absolute Gasteiger partial charge is 0.500 e. The maximum Gasteiger partial charge on any atom is 0.500 e. The second-order valence-corrected chi connectivity index (χ2v) is 5.83. The van der Waals surface area contributed by atoms with Crippen LogP contribution in [0.15, 0.2) is 0 Å². The molecule has 0 aromatic carbocycles. The fourth-order valence-corrected chi connectivity index (χ4v) is 2.80. The Bertz CT molecular complexity index is 121. The third kappa shape index (κ3) is 5.04. The smallest absolute Gasteiger partial charge is 0.394 e. The molecule has 0 saturated carbocycles. The van der Waals surface area contributed by atoms with Gasteiger partial charge in [0.05, 0.1) is 13.2 Å². The van der Waals surface area contributed by atoms with Crippen molar-refractivity contribution < 1.29 is 23.1 Å². The van der Waals surface area contributed by atoms with E-state index in [1.807, 2.05) is 0 Å². The summed E-state index contributed by atoms with van der Waals surface area (Å²) in [6.45, 7) is 1.02. The lowest BCUT2D eigenvalue weighted by Gasteiger charge is -2.24. The highest BCUT2D eigenvalue weighted by Gasteiger charge is 2.36. The van der Waals surface area contributed by atoms with Gasteiger partial charge in [0.2, 0.25) is 0 Å². The first-order chi connectivity index (χ1) is 6.74. The molecule has 0 rings (SSSR count). The van der Waals surface area contributed by atoms with E-state index in [1.54, 1.807) is 21.3 Å². The Kier molecular flexibility index (Phi) is 8.35. The van der Waals surface area contributed by atoms with Crippen molar-refractivity contribution in [1.82, 2.24) is 0 Å². The monoisotopic (exact) mass is 224 g/mol. The molecule has 0 aliphatic rings. The first-order valence-corrected chi connectivity index (χ1v) is 6.52. The van der Waals surface area contributed by atoms with Crippen molar-refractivity contribution in [2.45, 2.75) is 12.5 Å². The average Bonchev–Trinajstić information content (AvgIpc) is 2.24. The molecule has 0 aromatic rings. The molecule has 0 aromatic heterocycles. The zero-order valence-corrected chi connectivity index (χ0v) is 10.1. The standard InChI is InChI=1S/C8H20O5Si/c1-10-14(11-2,12-3)8-4-6-13-7-5-9/h9H,4-8H2,1-3H3. The van der Waals surface area contributed by atoms with Gasteiger partial charge in [-0.3, -0.25) is 0 Å². The van der Waals surface area contributed by atoms with Gasteiger partial charge in [0.15, 0.2) is 0 Å². The summed E-state index contributed by atoms with van der Waals surface area (Å²) < 4.78 is 20.8. The Morgan fingerprint density at radius 2 is 1.57 bits per heavy atom. The molecule has 0 unspecified atom stereocenters. The second kappa shape index (κ2) is 8.34. The average molecular weight is 224 g/mol. The minimum atomic E-state index is -2.42. The van der Waals surface area contributed by atoms with Crippen molar-refractivity contribution in [3.8, 4) is 0 Å². The summed E-state index contributed by atoms with van der Waals surface area (Å²) in [6, 6.07) is 0.724. The number of hydrogen-bond donors (Lipinski definition) is 1. The van der Waals surface area contributed by atoms with Crippen LogP contribution in [-0.4, -0.2) is 55.1 Å². The molecule has 0 fully saturated rings. The highest BCUT2D eigenvalue weighted by molar-refractivity contribution is 6.60. The van der Waals surface area contributed by atoms with Gasteiger partial charge in [-0.15, -0.1) is 0 Å². The Balaban J connectivity index is 3.61. The van der Waals surface area contributed by atoms with E-state index < -0.39 is 8.80 Å². The Hall–Kier alpha value is 0.0169. The fraction of sp³-hybridized carbons (Fsp3) is 1.00.